The third-order valence-corrected chi connectivity index (χ3v) is 2.53. The molecule has 1 aromatic rings. The molecule has 2 nitrogen and oxygen atoms in total. The Bertz CT molecular complexity index is 387. The summed E-state index contributed by atoms with van der Waals surface area (Å²) in [6.07, 6.45) is -6.48. The summed E-state index contributed by atoms with van der Waals surface area (Å²) in [5.74, 6) is 0.416. The van der Waals surface area contributed by atoms with Crippen molar-refractivity contribution in [3.8, 4) is 5.75 Å². The van der Waals surface area contributed by atoms with Crippen molar-refractivity contribution >= 4 is 0 Å². The molecule has 1 atom stereocenters. The number of fused-ring (bicyclic) bond motifs is 1. The second-order valence-electron chi connectivity index (χ2n) is 3.77. The van der Waals surface area contributed by atoms with Crippen LogP contribution in [0.15, 0.2) is 18.2 Å². The van der Waals surface area contributed by atoms with E-state index in [0.29, 0.717) is 18.8 Å². The molecule has 0 fully saturated rings. The van der Waals surface area contributed by atoms with Crippen LogP contribution in [0.1, 0.15) is 23.7 Å². The highest BCUT2D eigenvalue weighted by Crippen LogP contribution is 2.37. The van der Waals surface area contributed by atoms with Gasteiger partial charge in [0.1, 0.15) is 5.75 Å². The number of para-hydroxylation sites is 1. The van der Waals surface area contributed by atoms with Crippen LogP contribution in [-0.2, 0) is 6.42 Å². The maximum Gasteiger partial charge on any atom is 0.391 e. The molecule has 16 heavy (non-hydrogen) atoms. The van der Waals surface area contributed by atoms with Crippen LogP contribution < -0.4 is 4.74 Å². The van der Waals surface area contributed by atoms with E-state index in [1.807, 2.05) is 0 Å². The van der Waals surface area contributed by atoms with Gasteiger partial charge in [-0.15, -0.1) is 0 Å². The second-order valence-corrected chi connectivity index (χ2v) is 3.77. The number of aliphatic hydroxyl groups excluding tert-OH is 1. The molecule has 1 heterocycles. The first-order chi connectivity index (χ1) is 7.47. The number of halogens is 3. The molecule has 0 spiro atoms. The molecule has 0 aromatic heterocycles. The van der Waals surface area contributed by atoms with Crippen LogP contribution in [0, 0.1) is 0 Å². The van der Waals surface area contributed by atoms with Crippen molar-refractivity contribution in [2.45, 2.75) is 25.1 Å². The third-order valence-electron chi connectivity index (χ3n) is 2.53. The summed E-state index contributed by atoms with van der Waals surface area (Å²) in [5, 5.41) is 9.52. The molecule has 0 saturated carbocycles. The Kier molecular flexibility index (Phi) is 2.80. The number of alkyl halides is 3. The number of hydrogen-bond acceptors (Lipinski definition) is 2. The predicted octanol–water partition coefficient (Wildman–Crippen LogP) is 2.61. The monoisotopic (exact) mass is 232 g/mol. The van der Waals surface area contributed by atoms with E-state index in [0.717, 1.165) is 5.56 Å². The highest BCUT2D eigenvalue weighted by Gasteiger charge is 2.33. The van der Waals surface area contributed by atoms with Gasteiger partial charge in [-0.3, -0.25) is 0 Å². The molecule has 0 saturated heterocycles. The van der Waals surface area contributed by atoms with Crippen molar-refractivity contribution in [2.75, 3.05) is 6.61 Å². The largest absolute Gasteiger partial charge is 0.493 e. The topological polar surface area (TPSA) is 29.5 Å². The molecule has 1 aliphatic heterocycles. The van der Waals surface area contributed by atoms with Crippen molar-refractivity contribution in [2.24, 2.45) is 0 Å². The second kappa shape index (κ2) is 3.97. The zero-order chi connectivity index (χ0) is 11.8. The normalized spacial score (nSPS) is 16.8. The third kappa shape index (κ3) is 2.29. The first-order valence-corrected chi connectivity index (χ1v) is 4.97. The predicted molar refractivity (Wildman–Crippen MR) is 51.3 cm³/mol. The van der Waals surface area contributed by atoms with E-state index >= 15 is 0 Å². The minimum absolute atomic E-state index is 0.229. The fourth-order valence-corrected chi connectivity index (χ4v) is 1.83. The molecule has 2 rings (SSSR count). The standard InChI is InChI=1S/C11H11F3O2/c12-11(13,14)6-9(15)8-3-1-2-7-4-5-16-10(7)8/h1-3,9,15H,4-6H2. The molecule has 88 valence electrons. The van der Waals surface area contributed by atoms with Crippen molar-refractivity contribution in [1.82, 2.24) is 0 Å². The van der Waals surface area contributed by atoms with Gasteiger partial charge in [-0.05, 0) is 5.56 Å². The van der Waals surface area contributed by atoms with Crippen LogP contribution in [0.2, 0.25) is 0 Å². The lowest BCUT2D eigenvalue weighted by Crippen LogP contribution is -2.14. The van der Waals surface area contributed by atoms with Crippen molar-refractivity contribution in [1.29, 1.82) is 0 Å². The zero-order valence-electron chi connectivity index (χ0n) is 8.42. The van der Waals surface area contributed by atoms with E-state index in [4.69, 9.17) is 4.74 Å². The van der Waals surface area contributed by atoms with Crippen molar-refractivity contribution in [3.05, 3.63) is 29.3 Å². The summed E-state index contributed by atoms with van der Waals surface area (Å²) in [6, 6.07) is 4.91. The fraction of sp³-hybridized carbons (Fsp3) is 0.455. The van der Waals surface area contributed by atoms with E-state index in [-0.39, 0.29) is 5.56 Å². The smallest absolute Gasteiger partial charge is 0.391 e. The quantitative estimate of drug-likeness (QED) is 0.849. The molecule has 5 heteroatoms. The Balaban J connectivity index is 2.24. The molecular weight excluding hydrogens is 221 g/mol. The van der Waals surface area contributed by atoms with Crippen molar-refractivity contribution < 1.29 is 23.0 Å². The van der Waals surface area contributed by atoms with Crippen LogP contribution in [0.25, 0.3) is 0 Å². The SMILES string of the molecule is OC(CC(F)(F)F)c1cccc2c1OCC2. The molecule has 1 aromatic carbocycles. The van der Waals surface area contributed by atoms with Gasteiger partial charge in [-0.25, -0.2) is 0 Å². The molecule has 0 radical (unpaired) electrons. The van der Waals surface area contributed by atoms with Crippen LogP contribution in [0.3, 0.4) is 0 Å². The van der Waals surface area contributed by atoms with Gasteiger partial charge >= 0.3 is 6.18 Å². The lowest BCUT2D eigenvalue weighted by Gasteiger charge is -2.16. The number of ether oxygens (including phenoxy) is 1. The summed E-state index contributed by atoms with van der Waals surface area (Å²) < 4.78 is 41.7. The van der Waals surface area contributed by atoms with Gasteiger partial charge in [0.15, 0.2) is 0 Å². The lowest BCUT2D eigenvalue weighted by molar-refractivity contribution is -0.154. The zero-order valence-corrected chi connectivity index (χ0v) is 8.42. The lowest BCUT2D eigenvalue weighted by atomic mass is 10.0. The molecule has 1 N–H and O–H groups in total. The molecule has 1 unspecified atom stereocenters. The van der Waals surface area contributed by atoms with Crippen molar-refractivity contribution in [3.63, 3.8) is 0 Å². The average molecular weight is 232 g/mol. The maximum absolute atomic E-state index is 12.1. The van der Waals surface area contributed by atoms with E-state index in [2.05, 4.69) is 0 Å². The first-order valence-electron chi connectivity index (χ1n) is 4.97. The van der Waals surface area contributed by atoms with E-state index in [1.54, 1.807) is 12.1 Å². The first kappa shape index (κ1) is 11.3. The molecule has 0 aliphatic carbocycles. The Hall–Kier alpha value is -1.23. The minimum atomic E-state index is -4.37. The molecule has 0 amide bonds. The van der Waals surface area contributed by atoms with Crippen LogP contribution in [0.5, 0.6) is 5.75 Å². The van der Waals surface area contributed by atoms with Gasteiger partial charge in [-0.1, -0.05) is 18.2 Å². The van der Waals surface area contributed by atoms with Crippen LogP contribution in [-0.4, -0.2) is 17.9 Å². The van der Waals surface area contributed by atoms with Gasteiger partial charge in [0, 0.05) is 12.0 Å². The summed E-state index contributed by atoms with van der Waals surface area (Å²) in [5.41, 5.74) is 1.09. The van der Waals surface area contributed by atoms with E-state index in [1.165, 1.54) is 6.07 Å². The number of hydrogen-bond donors (Lipinski definition) is 1. The number of aliphatic hydroxyl groups is 1. The highest BCUT2D eigenvalue weighted by molar-refractivity contribution is 5.45. The Morgan fingerprint density at radius 1 is 1.38 bits per heavy atom. The van der Waals surface area contributed by atoms with Crippen LogP contribution in [0.4, 0.5) is 13.2 Å². The summed E-state index contributed by atoms with van der Waals surface area (Å²) in [6.45, 7) is 0.463. The molecular formula is C11H11F3O2. The Labute approximate surface area is 90.7 Å². The van der Waals surface area contributed by atoms with E-state index in [9.17, 15) is 18.3 Å². The maximum atomic E-state index is 12.1. The number of rotatable bonds is 2. The van der Waals surface area contributed by atoms with Gasteiger partial charge in [0.25, 0.3) is 0 Å². The summed E-state index contributed by atoms with van der Waals surface area (Å²) in [4.78, 5) is 0. The summed E-state index contributed by atoms with van der Waals surface area (Å²) in [7, 11) is 0. The highest BCUT2D eigenvalue weighted by atomic mass is 19.4. The minimum Gasteiger partial charge on any atom is -0.493 e. The van der Waals surface area contributed by atoms with Crippen LogP contribution >= 0.6 is 0 Å². The molecule has 0 bridgehead atoms. The number of benzene rings is 1. The summed E-state index contributed by atoms with van der Waals surface area (Å²) >= 11 is 0. The Morgan fingerprint density at radius 3 is 2.81 bits per heavy atom. The average Bonchev–Trinajstić information content (AvgIpc) is 2.61. The fourth-order valence-electron chi connectivity index (χ4n) is 1.83. The van der Waals surface area contributed by atoms with Gasteiger partial charge < -0.3 is 9.84 Å². The van der Waals surface area contributed by atoms with Gasteiger partial charge in [0.05, 0.1) is 19.1 Å². The van der Waals surface area contributed by atoms with E-state index < -0.39 is 18.7 Å². The van der Waals surface area contributed by atoms with Gasteiger partial charge in [-0.2, -0.15) is 13.2 Å². The molecule has 1 aliphatic rings. The van der Waals surface area contributed by atoms with Gasteiger partial charge in [0.2, 0.25) is 0 Å². The Morgan fingerprint density at radius 2 is 2.12 bits per heavy atom.